The molecule has 0 unspecified atom stereocenters. The first-order valence-corrected chi connectivity index (χ1v) is 11.3. The fraction of sp³-hybridized carbons (Fsp3) is 0.375. The van der Waals surface area contributed by atoms with Gasteiger partial charge in [0.05, 0.1) is 35.2 Å². The molecular weight excluding hydrogens is 416 g/mol. The summed E-state index contributed by atoms with van der Waals surface area (Å²) >= 11 is 0. The van der Waals surface area contributed by atoms with Crippen LogP contribution in [0.4, 0.5) is 5.82 Å². The third-order valence-corrected chi connectivity index (χ3v) is 6.17. The van der Waals surface area contributed by atoms with Crippen molar-refractivity contribution in [2.75, 3.05) is 25.5 Å². The van der Waals surface area contributed by atoms with Gasteiger partial charge in [-0.3, -0.25) is 14.2 Å². The molecule has 1 aliphatic heterocycles. The molecule has 1 amide bonds. The zero-order chi connectivity index (χ0) is 22.9. The molecule has 33 heavy (non-hydrogen) atoms. The van der Waals surface area contributed by atoms with Crippen molar-refractivity contribution in [3.8, 4) is 11.3 Å². The van der Waals surface area contributed by atoms with Gasteiger partial charge in [-0.15, -0.1) is 0 Å². The highest BCUT2D eigenvalue weighted by molar-refractivity contribution is 6.04. The molecule has 9 nitrogen and oxygen atoms in total. The van der Waals surface area contributed by atoms with Crippen LogP contribution in [0.3, 0.4) is 0 Å². The number of hydrogen-bond donors (Lipinski definition) is 1. The van der Waals surface area contributed by atoms with Gasteiger partial charge in [-0.25, -0.2) is 9.97 Å². The van der Waals surface area contributed by atoms with Crippen molar-refractivity contribution in [2.24, 2.45) is 0 Å². The number of rotatable bonds is 5. The van der Waals surface area contributed by atoms with E-state index >= 15 is 0 Å². The predicted octanol–water partition coefficient (Wildman–Crippen LogP) is 3.79. The Kier molecular flexibility index (Phi) is 5.63. The highest BCUT2D eigenvalue weighted by atomic mass is 16.1. The molecule has 0 radical (unpaired) electrons. The van der Waals surface area contributed by atoms with Crippen LogP contribution in [0.25, 0.3) is 22.2 Å². The molecule has 1 aliphatic rings. The summed E-state index contributed by atoms with van der Waals surface area (Å²) in [6, 6.07) is 6.40. The van der Waals surface area contributed by atoms with Gasteiger partial charge in [0.15, 0.2) is 0 Å². The Morgan fingerprint density at radius 3 is 2.67 bits per heavy atom. The minimum Gasteiger partial charge on any atom is -0.306 e. The van der Waals surface area contributed by atoms with Gasteiger partial charge in [0.25, 0.3) is 5.91 Å². The van der Waals surface area contributed by atoms with E-state index in [0.29, 0.717) is 17.4 Å². The van der Waals surface area contributed by atoms with Crippen molar-refractivity contribution in [2.45, 2.75) is 38.8 Å². The van der Waals surface area contributed by atoms with Crippen LogP contribution < -0.4 is 5.32 Å². The molecule has 4 aromatic heterocycles. The van der Waals surface area contributed by atoms with E-state index < -0.39 is 0 Å². The second kappa shape index (κ2) is 8.74. The minimum atomic E-state index is -0.246. The molecule has 1 N–H and O–H groups in total. The average molecular weight is 445 g/mol. The molecule has 1 fully saturated rings. The second-order valence-corrected chi connectivity index (χ2v) is 8.96. The molecule has 4 aromatic rings. The van der Waals surface area contributed by atoms with Crippen LogP contribution in [0, 0.1) is 0 Å². The van der Waals surface area contributed by atoms with E-state index in [0.717, 1.165) is 48.1 Å². The molecular formula is C24H28N8O. The zero-order valence-electron chi connectivity index (χ0n) is 19.1. The Hall–Kier alpha value is -3.59. The standard InChI is InChI=1S/C24H28N8O/c1-16(2)31-15-19(13-26-31)24(33)29-23-10-22-17(11-25-23)4-5-21(28-22)18-12-27-32(14-18)20-6-8-30(3)9-7-20/h4-5,10-16,20H,6-9H2,1-3H3,(H,25,29,33). The number of pyridine rings is 2. The number of fused-ring (bicyclic) bond motifs is 1. The minimum absolute atomic E-state index is 0.191. The average Bonchev–Trinajstić information content (AvgIpc) is 3.50. The van der Waals surface area contributed by atoms with Crippen LogP contribution in [0.15, 0.2) is 49.2 Å². The number of carbonyl (C=O) groups is 1. The summed E-state index contributed by atoms with van der Waals surface area (Å²) in [5.41, 5.74) is 3.10. The normalized spacial score (nSPS) is 15.4. The fourth-order valence-electron chi connectivity index (χ4n) is 4.10. The second-order valence-electron chi connectivity index (χ2n) is 8.96. The predicted molar refractivity (Wildman–Crippen MR) is 127 cm³/mol. The number of nitrogens with one attached hydrogen (secondary N) is 1. The molecule has 170 valence electrons. The van der Waals surface area contributed by atoms with Crippen molar-refractivity contribution in [1.82, 2.24) is 34.4 Å². The maximum atomic E-state index is 12.6. The number of nitrogens with zero attached hydrogens (tertiary/aromatic N) is 7. The SMILES string of the molecule is CC(C)n1cc(C(=O)Nc2cc3nc(-c4cnn(C5CCN(C)CC5)c4)ccc3cn2)cn1. The lowest BCUT2D eigenvalue weighted by atomic mass is 10.1. The van der Waals surface area contributed by atoms with E-state index in [9.17, 15) is 4.79 Å². The first kappa shape index (κ1) is 21.3. The van der Waals surface area contributed by atoms with Crippen molar-refractivity contribution in [1.29, 1.82) is 0 Å². The van der Waals surface area contributed by atoms with Gasteiger partial charge in [0.2, 0.25) is 0 Å². The van der Waals surface area contributed by atoms with E-state index in [-0.39, 0.29) is 11.9 Å². The summed E-state index contributed by atoms with van der Waals surface area (Å²) in [4.78, 5) is 24.1. The summed E-state index contributed by atoms with van der Waals surface area (Å²) in [5, 5.41) is 12.6. The number of carbonyl (C=O) groups excluding carboxylic acids is 1. The molecule has 5 heterocycles. The number of aromatic nitrogens is 6. The van der Waals surface area contributed by atoms with Crippen molar-refractivity contribution in [3.05, 3.63) is 54.7 Å². The number of hydrogen-bond acceptors (Lipinski definition) is 6. The third kappa shape index (κ3) is 4.49. The van der Waals surface area contributed by atoms with Crippen molar-refractivity contribution >= 4 is 22.6 Å². The first-order chi connectivity index (χ1) is 16.0. The van der Waals surface area contributed by atoms with E-state index in [1.54, 1.807) is 29.3 Å². The van der Waals surface area contributed by atoms with Gasteiger partial charge in [-0.2, -0.15) is 10.2 Å². The van der Waals surface area contributed by atoms with Gasteiger partial charge in [-0.1, -0.05) is 0 Å². The van der Waals surface area contributed by atoms with Gasteiger partial charge >= 0.3 is 0 Å². The maximum Gasteiger partial charge on any atom is 0.260 e. The number of anilines is 1. The van der Waals surface area contributed by atoms with Crippen LogP contribution in [0.1, 0.15) is 49.1 Å². The van der Waals surface area contributed by atoms with Crippen LogP contribution in [0.2, 0.25) is 0 Å². The third-order valence-electron chi connectivity index (χ3n) is 6.17. The lowest BCUT2D eigenvalue weighted by molar-refractivity contribution is 0.102. The molecule has 0 saturated carbocycles. The number of likely N-dealkylation sites (tertiary alicyclic amines) is 1. The maximum absolute atomic E-state index is 12.6. The number of piperidine rings is 1. The Balaban J connectivity index is 1.35. The first-order valence-electron chi connectivity index (χ1n) is 11.3. The van der Waals surface area contributed by atoms with Crippen molar-refractivity contribution in [3.63, 3.8) is 0 Å². The van der Waals surface area contributed by atoms with E-state index in [2.05, 4.69) is 43.3 Å². The van der Waals surface area contributed by atoms with Crippen LogP contribution in [0.5, 0.6) is 0 Å². The van der Waals surface area contributed by atoms with Crippen LogP contribution in [-0.4, -0.2) is 60.5 Å². The van der Waals surface area contributed by atoms with E-state index in [1.165, 1.54) is 0 Å². The van der Waals surface area contributed by atoms with Crippen LogP contribution in [-0.2, 0) is 0 Å². The Labute approximate surface area is 192 Å². The Morgan fingerprint density at radius 2 is 1.91 bits per heavy atom. The van der Waals surface area contributed by atoms with Gasteiger partial charge in [0.1, 0.15) is 5.82 Å². The van der Waals surface area contributed by atoms with Gasteiger partial charge in [-0.05, 0) is 59.0 Å². The molecule has 0 spiro atoms. The van der Waals surface area contributed by atoms with E-state index in [1.807, 2.05) is 32.2 Å². The summed E-state index contributed by atoms with van der Waals surface area (Å²) < 4.78 is 3.83. The molecule has 1 saturated heterocycles. The molecule has 0 bridgehead atoms. The number of amides is 1. The quantitative estimate of drug-likeness (QED) is 0.503. The lowest BCUT2D eigenvalue weighted by Crippen LogP contribution is -2.31. The van der Waals surface area contributed by atoms with Gasteiger partial charge < -0.3 is 10.2 Å². The Bertz CT molecular complexity index is 1280. The molecule has 0 atom stereocenters. The molecule has 0 aromatic carbocycles. The largest absolute Gasteiger partial charge is 0.306 e. The summed E-state index contributed by atoms with van der Waals surface area (Å²) in [5.74, 6) is 0.209. The lowest BCUT2D eigenvalue weighted by Gasteiger charge is -2.28. The molecule has 9 heteroatoms. The highest BCUT2D eigenvalue weighted by Gasteiger charge is 2.19. The molecule has 5 rings (SSSR count). The molecule has 0 aliphatic carbocycles. The van der Waals surface area contributed by atoms with Crippen LogP contribution >= 0.6 is 0 Å². The van der Waals surface area contributed by atoms with Crippen molar-refractivity contribution < 1.29 is 4.79 Å². The highest BCUT2D eigenvalue weighted by Crippen LogP contribution is 2.26. The smallest absolute Gasteiger partial charge is 0.260 e. The Morgan fingerprint density at radius 1 is 1.09 bits per heavy atom. The zero-order valence-corrected chi connectivity index (χ0v) is 19.1. The topological polar surface area (TPSA) is 93.8 Å². The monoisotopic (exact) mass is 444 g/mol. The van der Waals surface area contributed by atoms with Gasteiger partial charge in [0, 0.05) is 41.6 Å². The van der Waals surface area contributed by atoms with E-state index in [4.69, 9.17) is 4.98 Å². The summed E-state index contributed by atoms with van der Waals surface area (Å²) in [6.07, 6.45) is 11.2. The summed E-state index contributed by atoms with van der Waals surface area (Å²) in [7, 11) is 2.16. The summed E-state index contributed by atoms with van der Waals surface area (Å²) in [6.45, 7) is 6.21. The fourth-order valence-corrected chi connectivity index (χ4v) is 4.10.